The van der Waals surface area contributed by atoms with Crippen LogP contribution < -0.4 is 11.5 Å². The second-order valence-corrected chi connectivity index (χ2v) is 3.64. The first-order valence-corrected chi connectivity index (χ1v) is 5.05. The highest BCUT2D eigenvalue weighted by molar-refractivity contribution is 7.86. The lowest BCUT2D eigenvalue weighted by atomic mass is 10.5. The second kappa shape index (κ2) is 6.45. The van der Waals surface area contributed by atoms with Gasteiger partial charge in [0.15, 0.2) is 5.96 Å². The van der Waals surface area contributed by atoms with Crippen molar-refractivity contribution in [2.45, 2.75) is 18.9 Å². The number of hydrogen-bond acceptors (Lipinski definition) is 3. The number of guanidine groups is 1. The fraction of sp³-hybridized carbons (Fsp3) is 0.800. The zero-order chi connectivity index (χ0) is 12.7. The number of aliphatic imine (C=N–C) groups is 1. The van der Waals surface area contributed by atoms with E-state index in [1.807, 2.05) is 6.92 Å². The molecule has 0 atom stereocenters. The topological polar surface area (TPSA) is 119 Å². The third kappa shape index (κ3) is 10.9. The molecule has 0 saturated carbocycles. The van der Waals surface area contributed by atoms with Gasteiger partial charge in [0.1, 0.15) is 0 Å². The lowest BCUT2D eigenvalue weighted by molar-refractivity contribution is -0.0510. The molecule has 15 heavy (non-hydrogen) atoms. The van der Waals surface area contributed by atoms with E-state index in [-0.39, 0.29) is 5.96 Å². The van der Waals surface area contributed by atoms with Gasteiger partial charge in [-0.2, -0.15) is 21.6 Å². The summed E-state index contributed by atoms with van der Waals surface area (Å²) in [5, 5.41) is 0. The van der Waals surface area contributed by atoms with Crippen LogP contribution in [0.4, 0.5) is 13.2 Å². The first kappa shape index (κ1) is 16.4. The summed E-state index contributed by atoms with van der Waals surface area (Å²) < 4.78 is 57.5. The molecule has 0 heterocycles. The van der Waals surface area contributed by atoms with Gasteiger partial charge < -0.3 is 11.5 Å². The van der Waals surface area contributed by atoms with E-state index in [9.17, 15) is 13.2 Å². The van der Waals surface area contributed by atoms with Crippen molar-refractivity contribution in [1.82, 2.24) is 0 Å². The maximum Gasteiger partial charge on any atom is 0.522 e. The molecule has 0 unspecified atom stereocenters. The minimum Gasteiger partial charge on any atom is -0.370 e. The predicted octanol–water partition coefficient (Wildman–Crippen LogP) is 0.0638. The van der Waals surface area contributed by atoms with Crippen molar-refractivity contribution in [1.29, 1.82) is 0 Å². The first-order valence-electron chi connectivity index (χ1n) is 3.61. The van der Waals surface area contributed by atoms with E-state index in [1.165, 1.54) is 0 Å². The van der Waals surface area contributed by atoms with Crippen LogP contribution in [0.1, 0.15) is 13.3 Å². The lowest BCUT2D eigenvalue weighted by Crippen LogP contribution is -2.22. The zero-order valence-electron chi connectivity index (χ0n) is 7.82. The van der Waals surface area contributed by atoms with Crippen LogP contribution in [0.15, 0.2) is 4.99 Å². The largest absolute Gasteiger partial charge is 0.522 e. The molecule has 0 radical (unpaired) electrons. The monoisotopic (exact) mass is 251 g/mol. The summed E-state index contributed by atoms with van der Waals surface area (Å²) in [4.78, 5) is 3.72. The molecule has 0 aromatic rings. The highest BCUT2D eigenvalue weighted by Gasteiger charge is 2.44. The number of nitrogens with two attached hydrogens (primary N) is 2. The molecule has 0 amide bonds. The summed E-state index contributed by atoms with van der Waals surface area (Å²) in [7, 11) is -5.84. The molecule has 0 rings (SSSR count). The summed E-state index contributed by atoms with van der Waals surface area (Å²) in [6, 6.07) is 0. The molecule has 0 aromatic carbocycles. The molecule has 0 saturated heterocycles. The lowest BCUT2D eigenvalue weighted by Gasteiger charge is -1.97. The Morgan fingerprint density at radius 1 is 1.40 bits per heavy atom. The molecular formula is C5H12F3N3O3S. The first-order chi connectivity index (χ1) is 6.52. The van der Waals surface area contributed by atoms with E-state index in [0.29, 0.717) is 0 Å². The Hall–Kier alpha value is -1.03. The average Bonchev–Trinajstić information content (AvgIpc) is 1.98. The average molecular weight is 251 g/mol. The molecule has 0 aliphatic rings. The Balaban J connectivity index is 0. The Kier molecular flexibility index (Phi) is 7.06. The van der Waals surface area contributed by atoms with Gasteiger partial charge in [-0.15, -0.1) is 0 Å². The number of hydrogen-bond donors (Lipinski definition) is 3. The van der Waals surface area contributed by atoms with Crippen molar-refractivity contribution >= 4 is 16.1 Å². The maximum absolute atomic E-state index is 10.7. The minimum atomic E-state index is -5.84. The third-order valence-electron chi connectivity index (χ3n) is 0.810. The predicted molar refractivity (Wildman–Crippen MR) is 48.6 cm³/mol. The van der Waals surface area contributed by atoms with Gasteiger partial charge in [-0.05, 0) is 6.42 Å². The van der Waals surface area contributed by atoms with Crippen LogP contribution in [0.2, 0.25) is 0 Å². The molecule has 92 valence electrons. The summed E-state index contributed by atoms with van der Waals surface area (Å²) in [6.07, 6.45) is 0.998. The molecule has 0 fully saturated rings. The van der Waals surface area contributed by atoms with Gasteiger partial charge in [0.2, 0.25) is 0 Å². The van der Waals surface area contributed by atoms with Crippen molar-refractivity contribution in [2.75, 3.05) is 6.54 Å². The molecule has 0 bridgehead atoms. The Morgan fingerprint density at radius 2 is 1.73 bits per heavy atom. The summed E-state index contributed by atoms with van der Waals surface area (Å²) in [5.41, 5.74) is 4.48. The highest BCUT2D eigenvalue weighted by Crippen LogP contribution is 2.20. The number of nitrogens with zero attached hydrogens (tertiary/aromatic N) is 1. The van der Waals surface area contributed by atoms with Crippen LogP contribution in [0.3, 0.4) is 0 Å². The Labute approximate surface area is 84.9 Å². The van der Waals surface area contributed by atoms with E-state index >= 15 is 0 Å². The van der Waals surface area contributed by atoms with Gasteiger partial charge in [0, 0.05) is 6.54 Å². The van der Waals surface area contributed by atoms with Crippen LogP contribution in [0, 0.1) is 0 Å². The van der Waals surface area contributed by atoms with Crippen LogP contribution in [-0.4, -0.2) is 31.0 Å². The van der Waals surface area contributed by atoms with Crippen molar-refractivity contribution < 1.29 is 26.1 Å². The molecule has 0 spiro atoms. The van der Waals surface area contributed by atoms with Crippen LogP contribution >= 0.6 is 0 Å². The number of halogens is 3. The van der Waals surface area contributed by atoms with Crippen LogP contribution in [-0.2, 0) is 10.1 Å². The maximum atomic E-state index is 10.7. The molecule has 0 aliphatic carbocycles. The van der Waals surface area contributed by atoms with E-state index in [2.05, 4.69) is 4.99 Å². The number of rotatable bonds is 2. The zero-order valence-corrected chi connectivity index (χ0v) is 8.64. The van der Waals surface area contributed by atoms with Gasteiger partial charge in [-0.25, -0.2) is 0 Å². The van der Waals surface area contributed by atoms with Gasteiger partial charge in [0.05, 0.1) is 0 Å². The molecule has 0 aliphatic heterocycles. The van der Waals surface area contributed by atoms with E-state index in [0.717, 1.165) is 13.0 Å². The highest BCUT2D eigenvalue weighted by atomic mass is 32.2. The molecule has 0 aromatic heterocycles. The van der Waals surface area contributed by atoms with Gasteiger partial charge in [0.25, 0.3) is 0 Å². The summed E-state index contributed by atoms with van der Waals surface area (Å²) >= 11 is 0. The summed E-state index contributed by atoms with van der Waals surface area (Å²) in [6.45, 7) is 2.76. The normalized spacial score (nSPS) is 11.3. The SMILES string of the molecule is CCCN=C(N)N.O=S(=O)(O)C(F)(F)F. The fourth-order valence-corrected chi connectivity index (χ4v) is 0.241. The van der Waals surface area contributed by atoms with Gasteiger partial charge in [-0.3, -0.25) is 9.55 Å². The quantitative estimate of drug-likeness (QED) is 0.277. The van der Waals surface area contributed by atoms with Crippen LogP contribution in [0.25, 0.3) is 0 Å². The fourth-order valence-electron chi connectivity index (χ4n) is 0.241. The molecular weight excluding hydrogens is 239 g/mol. The van der Waals surface area contributed by atoms with Crippen molar-refractivity contribution in [3.8, 4) is 0 Å². The number of alkyl halides is 3. The van der Waals surface area contributed by atoms with E-state index < -0.39 is 15.6 Å². The second-order valence-electron chi connectivity index (χ2n) is 2.23. The third-order valence-corrected chi connectivity index (χ3v) is 1.40. The van der Waals surface area contributed by atoms with Gasteiger partial charge in [-0.1, -0.05) is 6.92 Å². The van der Waals surface area contributed by atoms with Crippen molar-refractivity contribution in [2.24, 2.45) is 16.5 Å². The molecule has 5 N–H and O–H groups in total. The summed E-state index contributed by atoms with van der Waals surface area (Å²) in [5.74, 6) is 0.182. The van der Waals surface area contributed by atoms with Gasteiger partial charge >= 0.3 is 15.6 Å². The minimum absolute atomic E-state index is 0.182. The Morgan fingerprint density at radius 3 is 1.80 bits per heavy atom. The van der Waals surface area contributed by atoms with E-state index in [4.69, 9.17) is 24.4 Å². The van der Waals surface area contributed by atoms with Crippen LogP contribution in [0.5, 0.6) is 0 Å². The smallest absolute Gasteiger partial charge is 0.370 e. The standard InChI is InChI=1S/C4H11N3.CHF3O3S/c1-2-3-7-4(5)6;2-1(3,4)8(5,6)7/h2-3H2,1H3,(H4,5,6,7);(H,5,6,7). The molecule has 6 nitrogen and oxygen atoms in total. The Bertz CT molecular complexity index is 294. The van der Waals surface area contributed by atoms with Crippen molar-refractivity contribution in [3.63, 3.8) is 0 Å². The van der Waals surface area contributed by atoms with Crippen molar-refractivity contribution in [3.05, 3.63) is 0 Å². The van der Waals surface area contributed by atoms with E-state index in [1.54, 1.807) is 0 Å². The molecule has 10 heteroatoms.